The first-order valence-electron chi connectivity index (χ1n) is 6.50. The molecule has 0 heterocycles. The maximum Gasteiger partial charge on any atom is 0.325 e. The SMILES string of the molecule is N[C@@H](Cc1ccccc1)C(=O)OC(O)c1ccc(F)cc1. The molecule has 0 aliphatic heterocycles. The maximum absolute atomic E-state index is 12.8. The molecule has 0 spiro atoms. The predicted molar refractivity (Wildman–Crippen MR) is 75.6 cm³/mol. The highest BCUT2D eigenvalue weighted by atomic mass is 19.1. The van der Waals surface area contributed by atoms with Crippen LogP contribution in [-0.2, 0) is 16.0 Å². The van der Waals surface area contributed by atoms with Gasteiger partial charge in [0.1, 0.15) is 11.9 Å². The normalized spacial score (nSPS) is 13.5. The number of carbonyl (C=O) groups is 1. The molecular weight excluding hydrogens is 273 g/mol. The van der Waals surface area contributed by atoms with Crippen LogP contribution in [0.4, 0.5) is 4.39 Å². The summed E-state index contributed by atoms with van der Waals surface area (Å²) in [5, 5.41) is 9.78. The lowest BCUT2D eigenvalue weighted by Crippen LogP contribution is -2.35. The summed E-state index contributed by atoms with van der Waals surface area (Å²) in [7, 11) is 0. The molecule has 0 aromatic heterocycles. The average molecular weight is 289 g/mol. The van der Waals surface area contributed by atoms with E-state index in [1.54, 1.807) is 0 Å². The van der Waals surface area contributed by atoms with E-state index >= 15 is 0 Å². The molecule has 0 radical (unpaired) electrons. The number of aliphatic hydroxyl groups is 1. The summed E-state index contributed by atoms with van der Waals surface area (Å²) < 4.78 is 17.7. The van der Waals surface area contributed by atoms with Gasteiger partial charge >= 0.3 is 5.97 Å². The molecule has 0 aliphatic rings. The van der Waals surface area contributed by atoms with Crippen molar-refractivity contribution in [1.29, 1.82) is 0 Å². The molecule has 2 aromatic rings. The second-order valence-corrected chi connectivity index (χ2v) is 4.64. The molecule has 110 valence electrons. The first-order chi connectivity index (χ1) is 10.1. The van der Waals surface area contributed by atoms with Gasteiger partial charge in [0.05, 0.1) is 0 Å². The van der Waals surface area contributed by atoms with Crippen molar-refractivity contribution in [2.24, 2.45) is 5.73 Å². The van der Waals surface area contributed by atoms with Crippen LogP contribution < -0.4 is 5.73 Å². The summed E-state index contributed by atoms with van der Waals surface area (Å²) in [5.41, 5.74) is 6.94. The lowest BCUT2D eigenvalue weighted by Gasteiger charge is -2.16. The quantitative estimate of drug-likeness (QED) is 0.651. The molecular formula is C16H16FNO3. The van der Waals surface area contributed by atoms with Crippen molar-refractivity contribution in [3.8, 4) is 0 Å². The number of rotatable bonds is 5. The number of hydrogen-bond donors (Lipinski definition) is 2. The molecule has 0 saturated carbocycles. The van der Waals surface area contributed by atoms with Gasteiger partial charge in [-0.1, -0.05) is 30.3 Å². The largest absolute Gasteiger partial charge is 0.430 e. The second kappa shape index (κ2) is 6.97. The van der Waals surface area contributed by atoms with Gasteiger partial charge in [0.2, 0.25) is 6.29 Å². The van der Waals surface area contributed by atoms with Gasteiger partial charge in [0.15, 0.2) is 0 Å². The molecule has 3 N–H and O–H groups in total. The summed E-state index contributed by atoms with van der Waals surface area (Å²) in [6, 6.07) is 13.4. The van der Waals surface area contributed by atoms with Crippen molar-refractivity contribution in [1.82, 2.24) is 0 Å². The lowest BCUT2D eigenvalue weighted by atomic mass is 10.1. The van der Waals surface area contributed by atoms with E-state index in [1.165, 1.54) is 24.3 Å². The Bertz CT molecular complexity index is 586. The maximum atomic E-state index is 12.8. The molecule has 0 aliphatic carbocycles. The Hall–Kier alpha value is -2.24. The number of ether oxygens (including phenoxy) is 1. The van der Waals surface area contributed by atoms with Gasteiger partial charge < -0.3 is 15.6 Å². The van der Waals surface area contributed by atoms with Crippen molar-refractivity contribution in [2.75, 3.05) is 0 Å². The Kier molecular flexibility index (Phi) is 5.03. The molecule has 0 saturated heterocycles. The molecule has 0 amide bonds. The lowest BCUT2D eigenvalue weighted by molar-refractivity contribution is -0.170. The second-order valence-electron chi connectivity index (χ2n) is 4.64. The number of carbonyl (C=O) groups excluding carboxylic acids is 1. The number of halogens is 1. The summed E-state index contributed by atoms with van der Waals surface area (Å²) in [5.74, 6) is -1.14. The zero-order valence-corrected chi connectivity index (χ0v) is 11.3. The van der Waals surface area contributed by atoms with Crippen molar-refractivity contribution < 1.29 is 19.0 Å². The smallest absolute Gasteiger partial charge is 0.325 e. The van der Waals surface area contributed by atoms with Crippen LogP contribution in [0.2, 0.25) is 0 Å². The Labute approximate surface area is 122 Å². The third kappa shape index (κ3) is 4.37. The van der Waals surface area contributed by atoms with Crippen LogP contribution in [0.25, 0.3) is 0 Å². The van der Waals surface area contributed by atoms with E-state index in [2.05, 4.69) is 0 Å². The van der Waals surface area contributed by atoms with Crippen LogP contribution in [-0.4, -0.2) is 17.1 Å². The molecule has 2 atom stereocenters. The Balaban J connectivity index is 1.92. The van der Waals surface area contributed by atoms with E-state index < -0.39 is 24.1 Å². The highest BCUT2D eigenvalue weighted by Gasteiger charge is 2.20. The van der Waals surface area contributed by atoms with E-state index in [-0.39, 0.29) is 5.56 Å². The summed E-state index contributed by atoms with van der Waals surface area (Å²) in [4.78, 5) is 11.8. The Morgan fingerprint density at radius 3 is 2.38 bits per heavy atom. The van der Waals surface area contributed by atoms with E-state index in [0.717, 1.165) is 5.56 Å². The minimum absolute atomic E-state index is 0.289. The summed E-state index contributed by atoms with van der Waals surface area (Å²) in [6.07, 6.45) is -1.14. The Morgan fingerprint density at radius 2 is 1.76 bits per heavy atom. The van der Waals surface area contributed by atoms with E-state index in [4.69, 9.17) is 10.5 Å². The third-order valence-corrected chi connectivity index (χ3v) is 2.98. The van der Waals surface area contributed by atoms with Gasteiger partial charge in [0.25, 0.3) is 0 Å². The number of aliphatic hydroxyl groups excluding tert-OH is 1. The van der Waals surface area contributed by atoms with Gasteiger partial charge in [0, 0.05) is 5.56 Å². The summed E-state index contributed by atoms with van der Waals surface area (Å²) >= 11 is 0. The van der Waals surface area contributed by atoms with Crippen LogP contribution in [0.3, 0.4) is 0 Å². The fourth-order valence-corrected chi connectivity index (χ4v) is 1.84. The molecule has 4 nitrogen and oxygen atoms in total. The van der Waals surface area contributed by atoms with Gasteiger partial charge in [-0.15, -0.1) is 0 Å². The first-order valence-corrected chi connectivity index (χ1v) is 6.50. The molecule has 0 fully saturated rings. The van der Waals surface area contributed by atoms with E-state index in [0.29, 0.717) is 6.42 Å². The van der Waals surface area contributed by atoms with Gasteiger partial charge in [-0.05, 0) is 36.2 Å². The highest BCUT2D eigenvalue weighted by Crippen LogP contribution is 2.16. The molecule has 5 heteroatoms. The van der Waals surface area contributed by atoms with Gasteiger partial charge in [-0.3, -0.25) is 4.79 Å². The zero-order chi connectivity index (χ0) is 15.2. The number of hydrogen-bond acceptors (Lipinski definition) is 4. The van der Waals surface area contributed by atoms with Crippen molar-refractivity contribution in [2.45, 2.75) is 18.8 Å². The van der Waals surface area contributed by atoms with E-state index in [9.17, 15) is 14.3 Å². The van der Waals surface area contributed by atoms with Crippen LogP contribution in [0.1, 0.15) is 17.4 Å². The van der Waals surface area contributed by atoms with E-state index in [1.807, 2.05) is 30.3 Å². The molecule has 2 rings (SSSR count). The van der Waals surface area contributed by atoms with Crippen molar-refractivity contribution in [3.63, 3.8) is 0 Å². The zero-order valence-electron chi connectivity index (χ0n) is 11.3. The number of benzene rings is 2. The Morgan fingerprint density at radius 1 is 1.14 bits per heavy atom. The standard InChI is InChI=1S/C16H16FNO3/c17-13-8-6-12(7-9-13)15(19)21-16(20)14(18)10-11-4-2-1-3-5-11/h1-9,14-15,19H,10,18H2/t14-,15?/m0/s1. The van der Waals surface area contributed by atoms with Crippen LogP contribution in [0, 0.1) is 5.82 Å². The fourth-order valence-electron chi connectivity index (χ4n) is 1.84. The first kappa shape index (κ1) is 15.2. The topological polar surface area (TPSA) is 72.6 Å². The molecule has 1 unspecified atom stereocenters. The number of nitrogens with two attached hydrogens (primary N) is 1. The third-order valence-electron chi connectivity index (χ3n) is 2.98. The average Bonchev–Trinajstić information content (AvgIpc) is 2.48. The minimum atomic E-state index is -1.46. The monoisotopic (exact) mass is 289 g/mol. The number of esters is 1. The van der Waals surface area contributed by atoms with Crippen LogP contribution >= 0.6 is 0 Å². The molecule has 2 aromatic carbocycles. The highest BCUT2D eigenvalue weighted by molar-refractivity contribution is 5.76. The fraction of sp³-hybridized carbons (Fsp3) is 0.188. The van der Waals surface area contributed by atoms with Gasteiger partial charge in [-0.25, -0.2) is 4.39 Å². The van der Waals surface area contributed by atoms with Gasteiger partial charge in [-0.2, -0.15) is 0 Å². The summed E-state index contributed by atoms with van der Waals surface area (Å²) in [6.45, 7) is 0. The van der Waals surface area contributed by atoms with Crippen molar-refractivity contribution in [3.05, 3.63) is 71.5 Å². The van der Waals surface area contributed by atoms with Crippen LogP contribution in [0.15, 0.2) is 54.6 Å². The molecule has 21 heavy (non-hydrogen) atoms. The minimum Gasteiger partial charge on any atom is -0.430 e. The predicted octanol–water partition coefficient (Wildman–Crippen LogP) is 1.93. The van der Waals surface area contributed by atoms with Crippen molar-refractivity contribution >= 4 is 5.97 Å². The van der Waals surface area contributed by atoms with Crippen LogP contribution in [0.5, 0.6) is 0 Å². The molecule has 0 bridgehead atoms.